The quantitative estimate of drug-likeness (QED) is 0.632. The molecular formula is C11H25NO. The van der Waals surface area contributed by atoms with Gasteiger partial charge in [0.25, 0.3) is 0 Å². The van der Waals surface area contributed by atoms with Crippen molar-refractivity contribution in [3.8, 4) is 0 Å². The van der Waals surface area contributed by atoms with Crippen LogP contribution in [-0.2, 0) is 4.74 Å². The average Bonchev–Trinajstić information content (AvgIpc) is 1.81. The Hall–Kier alpha value is -0.0800. The molecule has 2 heteroatoms. The van der Waals surface area contributed by atoms with E-state index in [1.54, 1.807) is 7.11 Å². The Kier molecular flexibility index (Phi) is 5.57. The first-order valence-electron chi connectivity index (χ1n) is 5.03. The molecule has 0 amide bonds. The highest BCUT2D eigenvalue weighted by molar-refractivity contribution is 4.77. The van der Waals surface area contributed by atoms with E-state index in [4.69, 9.17) is 4.74 Å². The second-order valence-electron chi connectivity index (χ2n) is 5.08. The van der Waals surface area contributed by atoms with Crippen LogP contribution in [0.2, 0.25) is 0 Å². The lowest BCUT2D eigenvalue weighted by Gasteiger charge is -2.33. The molecule has 0 saturated carbocycles. The van der Waals surface area contributed by atoms with Gasteiger partial charge in [0, 0.05) is 19.1 Å². The number of ether oxygens (including phenoxy) is 1. The Bertz CT molecular complexity index is 122. The first kappa shape index (κ1) is 12.9. The van der Waals surface area contributed by atoms with Gasteiger partial charge in [0.2, 0.25) is 0 Å². The number of hydrogen-bond acceptors (Lipinski definition) is 2. The van der Waals surface area contributed by atoms with Gasteiger partial charge >= 0.3 is 0 Å². The first-order chi connectivity index (χ1) is 5.89. The SMILES string of the molecule is COCC(C)(CC(C)C)CN(C)C. The van der Waals surface area contributed by atoms with E-state index in [-0.39, 0.29) is 0 Å². The molecule has 0 bridgehead atoms. The van der Waals surface area contributed by atoms with Crippen LogP contribution < -0.4 is 0 Å². The maximum atomic E-state index is 5.28. The smallest absolute Gasteiger partial charge is 0.0528 e. The normalized spacial score (nSPS) is 16.6. The van der Waals surface area contributed by atoms with Gasteiger partial charge in [-0.1, -0.05) is 20.8 Å². The molecule has 1 unspecified atom stereocenters. The maximum absolute atomic E-state index is 5.28. The minimum atomic E-state index is 0.298. The van der Waals surface area contributed by atoms with E-state index in [0.29, 0.717) is 5.41 Å². The zero-order valence-electron chi connectivity index (χ0n) is 10.1. The van der Waals surface area contributed by atoms with Gasteiger partial charge in [0.15, 0.2) is 0 Å². The molecule has 0 aliphatic rings. The molecule has 0 rings (SSSR count). The number of methoxy groups -OCH3 is 1. The van der Waals surface area contributed by atoms with Crippen LogP contribution >= 0.6 is 0 Å². The molecule has 80 valence electrons. The van der Waals surface area contributed by atoms with Crippen molar-refractivity contribution in [2.24, 2.45) is 11.3 Å². The highest BCUT2D eigenvalue weighted by atomic mass is 16.5. The van der Waals surface area contributed by atoms with Crippen LogP contribution in [0.5, 0.6) is 0 Å². The summed E-state index contributed by atoms with van der Waals surface area (Å²) in [5.74, 6) is 0.736. The second-order valence-corrected chi connectivity index (χ2v) is 5.08. The van der Waals surface area contributed by atoms with Gasteiger partial charge in [-0.15, -0.1) is 0 Å². The minimum absolute atomic E-state index is 0.298. The predicted octanol–water partition coefficient (Wildman–Crippen LogP) is 2.25. The fourth-order valence-corrected chi connectivity index (χ4v) is 2.27. The van der Waals surface area contributed by atoms with E-state index in [9.17, 15) is 0 Å². The Morgan fingerprint density at radius 3 is 2.15 bits per heavy atom. The highest BCUT2D eigenvalue weighted by Crippen LogP contribution is 2.26. The van der Waals surface area contributed by atoms with Crippen molar-refractivity contribution in [3.05, 3.63) is 0 Å². The predicted molar refractivity (Wildman–Crippen MR) is 58.0 cm³/mol. The van der Waals surface area contributed by atoms with E-state index < -0.39 is 0 Å². The van der Waals surface area contributed by atoms with Gasteiger partial charge in [-0.2, -0.15) is 0 Å². The molecule has 2 nitrogen and oxygen atoms in total. The average molecular weight is 187 g/mol. The summed E-state index contributed by atoms with van der Waals surface area (Å²) in [6, 6.07) is 0. The molecule has 0 saturated heterocycles. The van der Waals surface area contributed by atoms with Crippen LogP contribution in [0, 0.1) is 11.3 Å². The van der Waals surface area contributed by atoms with Crippen molar-refractivity contribution < 1.29 is 4.74 Å². The van der Waals surface area contributed by atoms with Gasteiger partial charge in [0.05, 0.1) is 6.61 Å². The second kappa shape index (κ2) is 5.61. The monoisotopic (exact) mass is 187 g/mol. The maximum Gasteiger partial charge on any atom is 0.0528 e. The van der Waals surface area contributed by atoms with Crippen molar-refractivity contribution in [1.82, 2.24) is 4.90 Å². The van der Waals surface area contributed by atoms with E-state index in [1.807, 2.05) is 0 Å². The van der Waals surface area contributed by atoms with Crippen LogP contribution in [0.15, 0.2) is 0 Å². The Balaban J connectivity index is 4.15. The summed E-state index contributed by atoms with van der Waals surface area (Å²) >= 11 is 0. The molecule has 0 aromatic heterocycles. The van der Waals surface area contributed by atoms with Gasteiger partial charge in [-0.05, 0) is 26.4 Å². The van der Waals surface area contributed by atoms with Crippen molar-refractivity contribution in [3.63, 3.8) is 0 Å². The standard InChI is InChI=1S/C11H25NO/c1-10(2)7-11(3,9-13-6)8-12(4)5/h10H,7-9H2,1-6H3. The van der Waals surface area contributed by atoms with Gasteiger partial charge in [0.1, 0.15) is 0 Å². The third-order valence-corrected chi connectivity index (χ3v) is 2.09. The van der Waals surface area contributed by atoms with Crippen molar-refractivity contribution in [2.75, 3.05) is 34.4 Å². The van der Waals surface area contributed by atoms with E-state index >= 15 is 0 Å². The van der Waals surface area contributed by atoms with Gasteiger partial charge in [-0.3, -0.25) is 0 Å². The van der Waals surface area contributed by atoms with Gasteiger partial charge < -0.3 is 9.64 Å². The van der Waals surface area contributed by atoms with E-state index in [1.165, 1.54) is 6.42 Å². The lowest BCUT2D eigenvalue weighted by atomic mass is 9.82. The minimum Gasteiger partial charge on any atom is -0.384 e. The summed E-state index contributed by atoms with van der Waals surface area (Å²) in [5.41, 5.74) is 0.298. The number of rotatable bonds is 6. The lowest BCUT2D eigenvalue weighted by molar-refractivity contribution is 0.0549. The molecule has 13 heavy (non-hydrogen) atoms. The Morgan fingerprint density at radius 2 is 1.85 bits per heavy atom. The summed E-state index contributed by atoms with van der Waals surface area (Å²) < 4.78 is 5.28. The summed E-state index contributed by atoms with van der Waals surface area (Å²) in [7, 11) is 6.02. The molecule has 0 spiro atoms. The largest absolute Gasteiger partial charge is 0.384 e. The van der Waals surface area contributed by atoms with E-state index in [2.05, 4.69) is 39.8 Å². The Morgan fingerprint density at radius 1 is 1.31 bits per heavy atom. The number of nitrogens with zero attached hydrogens (tertiary/aromatic N) is 1. The molecule has 0 heterocycles. The van der Waals surface area contributed by atoms with Crippen LogP contribution in [0.1, 0.15) is 27.2 Å². The zero-order valence-corrected chi connectivity index (χ0v) is 10.1. The third kappa shape index (κ3) is 6.05. The van der Waals surface area contributed by atoms with Crippen LogP contribution in [0.3, 0.4) is 0 Å². The molecule has 0 aliphatic carbocycles. The van der Waals surface area contributed by atoms with E-state index in [0.717, 1.165) is 19.1 Å². The van der Waals surface area contributed by atoms with Crippen LogP contribution in [-0.4, -0.2) is 39.3 Å². The molecule has 0 N–H and O–H groups in total. The van der Waals surface area contributed by atoms with Crippen molar-refractivity contribution >= 4 is 0 Å². The Labute approximate surface area is 83.3 Å². The van der Waals surface area contributed by atoms with Crippen LogP contribution in [0.25, 0.3) is 0 Å². The summed E-state index contributed by atoms with van der Waals surface area (Å²) in [6.45, 7) is 8.78. The summed E-state index contributed by atoms with van der Waals surface area (Å²) in [4.78, 5) is 2.24. The molecule has 0 radical (unpaired) electrons. The fraction of sp³-hybridized carbons (Fsp3) is 1.00. The summed E-state index contributed by atoms with van der Waals surface area (Å²) in [6.07, 6.45) is 1.22. The molecule has 0 aliphatic heterocycles. The molecular weight excluding hydrogens is 162 g/mol. The first-order valence-corrected chi connectivity index (χ1v) is 5.03. The molecule has 0 aromatic rings. The summed E-state index contributed by atoms with van der Waals surface area (Å²) in [5, 5.41) is 0. The van der Waals surface area contributed by atoms with Crippen molar-refractivity contribution in [2.45, 2.75) is 27.2 Å². The highest BCUT2D eigenvalue weighted by Gasteiger charge is 2.25. The lowest BCUT2D eigenvalue weighted by Crippen LogP contribution is -2.36. The van der Waals surface area contributed by atoms with Crippen LogP contribution in [0.4, 0.5) is 0 Å². The topological polar surface area (TPSA) is 12.5 Å². The zero-order chi connectivity index (χ0) is 10.5. The fourth-order valence-electron chi connectivity index (χ4n) is 2.27. The van der Waals surface area contributed by atoms with Crippen molar-refractivity contribution in [1.29, 1.82) is 0 Å². The molecule has 1 atom stereocenters. The third-order valence-electron chi connectivity index (χ3n) is 2.09. The molecule has 0 fully saturated rings. The molecule has 0 aromatic carbocycles. The van der Waals surface area contributed by atoms with Gasteiger partial charge in [-0.25, -0.2) is 0 Å². The number of hydrogen-bond donors (Lipinski definition) is 0.